The molecule has 0 aliphatic carbocycles. The summed E-state index contributed by atoms with van der Waals surface area (Å²) in [5, 5.41) is 16.3. The maximum atomic E-state index is 10.7. The van der Waals surface area contributed by atoms with E-state index in [-0.39, 0.29) is 5.54 Å². The highest BCUT2D eigenvalue weighted by Crippen LogP contribution is 2.37. The Balaban J connectivity index is 2.38. The summed E-state index contributed by atoms with van der Waals surface area (Å²) in [6.07, 6.45) is 2.49. The fourth-order valence-corrected chi connectivity index (χ4v) is 2.75. The number of fused-ring (bicyclic) bond motifs is 1. The number of rotatable bonds is 2. The van der Waals surface area contributed by atoms with Crippen molar-refractivity contribution in [3.05, 3.63) is 41.6 Å². The van der Waals surface area contributed by atoms with Gasteiger partial charge in [0.2, 0.25) is 0 Å². The first kappa shape index (κ1) is 15.5. The van der Waals surface area contributed by atoms with E-state index in [1.165, 1.54) is 5.56 Å². The van der Waals surface area contributed by atoms with Gasteiger partial charge in [-0.3, -0.25) is 0 Å². The average Bonchev–Trinajstić information content (AvgIpc) is 2.89. The first-order chi connectivity index (χ1) is 10.8. The molecule has 0 aliphatic heterocycles. The highest BCUT2D eigenvalue weighted by atomic mass is 16.3. The Morgan fingerprint density at radius 3 is 2.35 bits per heavy atom. The lowest BCUT2D eigenvalue weighted by Gasteiger charge is -2.19. The van der Waals surface area contributed by atoms with Crippen molar-refractivity contribution < 1.29 is 5.11 Å². The summed E-state index contributed by atoms with van der Waals surface area (Å²) in [6.45, 7) is 10.3. The molecule has 3 rings (SSSR count). The third-order valence-electron chi connectivity index (χ3n) is 4.09. The van der Waals surface area contributed by atoms with Gasteiger partial charge < -0.3 is 5.11 Å². The molecule has 2 heterocycles. The van der Waals surface area contributed by atoms with Crippen LogP contribution in [0.4, 0.5) is 0 Å². The summed E-state index contributed by atoms with van der Waals surface area (Å²) in [7, 11) is 0. The minimum Gasteiger partial charge on any atom is -0.507 e. The number of aryl methyl sites for hydroxylation is 2. The SMILES string of the molecule is CCc1cnc2c(c(-c3ccc(C)cc3)nn2C(C)(C)C)c1O. The Bertz CT molecular complexity index is 855. The topological polar surface area (TPSA) is 50.9 Å². The predicted molar refractivity (Wildman–Crippen MR) is 93.7 cm³/mol. The molecule has 0 amide bonds. The van der Waals surface area contributed by atoms with Crippen molar-refractivity contribution in [2.24, 2.45) is 0 Å². The van der Waals surface area contributed by atoms with E-state index in [1.54, 1.807) is 6.20 Å². The number of aromatic nitrogens is 3. The van der Waals surface area contributed by atoms with E-state index in [4.69, 9.17) is 5.10 Å². The normalized spacial score (nSPS) is 12.0. The van der Waals surface area contributed by atoms with Crippen molar-refractivity contribution >= 4 is 11.0 Å². The summed E-state index contributed by atoms with van der Waals surface area (Å²) in [5.74, 6) is 0.295. The van der Waals surface area contributed by atoms with Crippen LogP contribution in [-0.4, -0.2) is 19.9 Å². The fraction of sp³-hybridized carbons (Fsp3) is 0.368. The molecule has 0 saturated heterocycles. The molecule has 2 aromatic heterocycles. The van der Waals surface area contributed by atoms with E-state index in [1.807, 2.05) is 23.7 Å². The maximum Gasteiger partial charge on any atom is 0.162 e. The van der Waals surface area contributed by atoms with Crippen molar-refractivity contribution in [3.63, 3.8) is 0 Å². The highest BCUT2D eigenvalue weighted by Gasteiger charge is 2.24. The number of benzene rings is 1. The summed E-state index contributed by atoms with van der Waals surface area (Å²) in [4.78, 5) is 4.58. The zero-order valence-electron chi connectivity index (χ0n) is 14.4. The van der Waals surface area contributed by atoms with Crippen LogP contribution in [0.1, 0.15) is 38.8 Å². The van der Waals surface area contributed by atoms with Gasteiger partial charge >= 0.3 is 0 Å². The van der Waals surface area contributed by atoms with Crippen molar-refractivity contribution in [1.82, 2.24) is 14.8 Å². The summed E-state index contributed by atoms with van der Waals surface area (Å²) in [6, 6.07) is 8.21. The van der Waals surface area contributed by atoms with Gasteiger partial charge in [-0.2, -0.15) is 5.10 Å². The molecular formula is C19H23N3O. The monoisotopic (exact) mass is 309 g/mol. The number of hydrogen-bond acceptors (Lipinski definition) is 3. The van der Waals surface area contributed by atoms with Crippen LogP contribution in [0.2, 0.25) is 0 Å². The molecule has 1 aromatic carbocycles. The van der Waals surface area contributed by atoms with Crippen LogP contribution in [-0.2, 0) is 12.0 Å². The van der Waals surface area contributed by atoms with Crippen LogP contribution in [0.25, 0.3) is 22.3 Å². The van der Waals surface area contributed by atoms with Crippen LogP contribution in [0.15, 0.2) is 30.5 Å². The third kappa shape index (κ3) is 2.58. The Labute approximate surface area is 136 Å². The summed E-state index contributed by atoms with van der Waals surface area (Å²) < 4.78 is 1.90. The number of pyridine rings is 1. The van der Waals surface area contributed by atoms with Gasteiger partial charge in [-0.15, -0.1) is 0 Å². The van der Waals surface area contributed by atoms with Crippen molar-refractivity contribution in [1.29, 1.82) is 0 Å². The molecule has 120 valence electrons. The Hall–Kier alpha value is -2.36. The average molecular weight is 309 g/mol. The van der Waals surface area contributed by atoms with Gasteiger partial charge in [-0.05, 0) is 34.1 Å². The molecular weight excluding hydrogens is 286 g/mol. The Kier molecular flexibility index (Phi) is 3.63. The van der Waals surface area contributed by atoms with Crippen LogP contribution in [0, 0.1) is 6.92 Å². The van der Waals surface area contributed by atoms with E-state index in [0.717, 1.165) is 34.3 Å². The largest absolute Gasteiger partial charge is 0.507 e. The van der Waals surface area contributed by atoms with Crippen LogP contribution < -0.4 is 0 Å². The van der Waals surface area contributed by atoms with Crippen LogP contribution in [0.5, 0.6) is 5.75 Å². The van der Waals surface area contributed by atoms with E-state index in [9.17, 15) is 5.11 Å². The molecule has 0 unspecified atom stereocenters. The van der Waals surface area contributed by atoms with Crippen molar-refractivity contribution in [2.45, 2.75) is 46.6 Å². The first-order valence-electron chi connectivity index (χ1n) is 8.00. The van der Waals surface area contributed by atoms with E-state index < -0.39 is 0 Å². The van der Waals surface area contributed by atoms with Crippen LogP contribution >= 0.6 is 0 Å². The molecule has 3 aromatic rings. The lowest BCUT2D eigenvalue weighted by Crippen LogP contribution is -2.23. The standard InChI is InChI=1S/C19H23N3O/c1-6-13-11-20-18-15(17(13)23)16(21-22(18)19(3,4)5)14-9-7-12(2)8-10-14/h7-11H,6H2,1-5H3,(H,20,23). The third-order valence-corrected chi connectivity index (χ3v) is 4.09. The Morgan fingerprint density at radius 2 is 1.78 bits per heavy atom. The quantitative estimate of drug-likeness (QED) is 0.762. The highest BCUT2D eigenvalue weighted by molar-refractivity contribution is 5.96. The van der Waals surface area contributed by atoms with Gasteiger partial charge in [0.25, 0.3) is 0 Å². The second-order valence-corrected chi connectivity index (χ2v) is 6.98. The smallest absolute Gasteiger partial charge is 0.162 e. The van der Waals surface area contributed by atoms with Crippen LogP contribution in [0.3, 0.4) is 0 Å². The minimum absolute atomic E-state index is 0.214. The summed E-state index contributed by atoms with van der Waals surface area (Å²) in [5.41, 5.74) is 4.34. The number of nitrogens with zero attached hydrogens (tertiary/aromatic N) is 3. The van der Waals surface area contributed by atoms with Gasteiger partial charge in [0.1, 0.15) is 11.4 Å². The second kappa shape index (κ2) is 5.37. The molecule has 0 bridgehead atoms. The molecule has 0 aliphatic rings. The van der Waals surface area contributed by atoms with Gasteiger partial charge in [0.15, 0.2) is 5.65 Å². The van der Waals surface area contributed by atoms with Gasteiger partial charge in [0.05, 0.1) is 10.9 Å². The maximum absolute atomic E-state index is 10.7. The molecule has 0 radical (unpaired) electrons. The number of hydrogen-bond donors (Lipinski definition) is 1. The zero-order valence-corrected chi connectivity index (χ0v) is 14.4. The zero-order chi connectivity index (χ0) is 16.8. The van der Waals surface area contributed by atoms with Gasteiger partial charge in [0, 0.05) is 17.3 Å². The van der Waals surface area contributed by atoms with E-state index >= 15 is 0 Å². The lowest BCUT2D eigenvalue weighted by atomic mass is 10.0. The molecule has 4 heteroatoms. The van der Waals surface area contributed by atoms with Gasteiger partial charge in [-0.25, -0.2) is 9.67 Å². The van der Waals surface area contributed by atoms with Crippen molar-refractivity contribution in [2.75, 3.05) is 0 Å². The first-order valence-corrected chi connectivity index (χ1v) is 8.00. The molecule has 4 nitrogen and oxygen atoms in total. The molecule has 23 heavy (non-hydrogen) atoms. The molecule has 1 N–H and O–H groups in total. The molecule has 0 spiro atoms. The summed E-state index contributed by atoms with van der Waals surface area (Å²) >= 11 is 0. The second-order valence-electron chi connectivity index (χ2n) is 6.98. The molecule has 0 fully saturated rings. The molecule has 0 atom stereocenters. The Morgan fingerprint density at radius 1 is 1.13 bits per heavy atom. The molecule has 0 saturated carbocycles. The van der Waals surface area contributed by atoms with Crippen molar-refractivity contribution in [3.8, 4) is 17.0 Å². The predicted octanol–water partition coefficient (Wildman–Crippen LogP) is 4.43. The van der Waals surface area contributed by atoms with Gasteiger partial charge in [-0.1, -0.05) is 36.8 Å². The minimum atomic E-state index is -0.214. The lowest BCUT2D eigenvalue weighted by molar-refractivity contribution is 0.366. The van der Waals surface area contributed by atoms with E-state index in [0.29, 0.717) is 5.75 Å². The fourth-order valence-electron chi connectivity index (χ4n) is 2.75. The number of aromatic hydroxyl groups is 1. The van der Waals surface area contributed by atoms with E-state index in [2.05, 4.69) is 44.8 Å².